The number of aromatic nitrogens is 2. The summed E-state index contributed by atoms with van der Waals surface area (Å²) in [6, 6.07) is 11.3. The Labute approximate surface area is 163 Å². The average molecular weight is 390 g/mol. The van der Waals surface area contributed by atoms with Gasteiger partial charge in [-0.05, 0) is 24.3 Å². The van der Waals surface area contributed by atoms with Crippen molar-refractivity contribution in [2.24, 2.45) is 0 Å². The lowest BCUT2D eigenvalue weighted by atomic mass is 9.90. The van der Waals surface area contributed by atoms with Gasteiger partial charge in [0, 0.05) is 25.6 Å². The molecule has 1 fully saturated rings. The molecule has 1 aromatic carbocycles. The number of likely N-dealkylation sites (tertiary alicyclic amines) is 1. The highest BCUT2D eigenvalue weighted by Gasteiger charge is 2.35. The maximum Gasteiger partial charge on any atom is 0.268 e. The van der Waals surface area contributed by atoms with E-state index in [-0.39, 0.29) is 29.0 Å². The molecule has 2 aromatic rings. The van der Waals surface area contributed by atoms with E-state index >= 15 is 0 Å². The summed E-state index contributed by atoms with van der Waals surface area (Å²) in [5.41, 5.74) is -0.245. The summed E-state index contributed by atoms with van der Waals surface area (Å²) in [5, 5.41) is 15.1. The first-order valence-electron chi connectivity index (χ1n) is 9.14. The minimum absolute atomic E-state index is 0.0928. The zero-order valence-electron chi connectivity index (χ0n) is 15.3. The molecular weight excluding hydrogens is 366 g/mol. The smallest absolute Gasteiger partial charge is 0.268 e. The number of carbonyl (C=O) groups is 1. The number of aliphatic hydroxyl groups is 1. The molecule has 1 saturated heterocycles. The third-order valence-corrected chi connectivity index (χ3v) is 5.38. The quantitative estimate of drug-likeness (QED) is 0.852. The van der Waals surface area contributed by atoms with Crippen LogP contribution in [0.1, 0.15) is 37.7 Å². The second kappa shape index (κ2) is 8.23. The first-order valence-corrected chi connectivity index (χ1v) is 9.52. The van der Waals surface area contributed by atoms with Crippen LogP contribution in [0.4, 0.5) is 0 Å². The summed E-state index contributed by atoms with van der Waals surface area (Å²) in [6.07, 6.45) is 2.65. The van der Waals surface area contributed by atoms with Crippen LogP contribution in [0.3, 0.4) is 0 Å². The molecule has 1 N–H and O–H groups in total. The van der Waals surface area contributed by atoms with Gasteiger partial charge in [-0.2, -0.15) is 5.10 Å². The predicted molar refractivity (Wildman–Crippen MR) is 104 cm³/mol. The van der Waals surface area contributed by atoms with Gasteiger partial charge in [0.05, 0.1) is 23.4 Å². The number of carbonyl (C=O) groups excluding carboxylic acids is 1. The van der Waals surface area contributed by atoms with Gasteiger partial charge in [-0.1, -0.05) is 48.9 Å². The largest absolute Gasteiger partial charge is 0.388 e. The summed E-state index contributed by atoms with van der Waals surface area (Å²) in [5.74, 6) is 0.242. The van der Waals surface area contributed by atoms with Gasteiger partial charge in [-0.3, -0.25) is 9.59 Å². The van der Waals surface area contributed by atoms with Crippen molar-refractivity contribution in [1.82, 2.24) is 14.7 Å². The molecule has 1 unspecified atom stereocenters. The van der Waals surface area contributed by atoms with Gasteiger partial charge < -0.3 is 10.0 Å². The SMILES string of the molecule is CC(CC(=O)N1CCC(O)(Cn2ncc(Cl)cc2=O)CC1)c1ccccc1. The van der Waals surface area contributed by atoms with Crippen LogP contribution in [0.2, 0.25) is 5.02 Å². The van der Waals surface area contributed by atoms with E-state index in [2.05, 4.69) is 5.10 Å². The number of amides is 1. The highest BCUT2D eigenvalue weighted by atomic mass is 35.5. The van der Waals surface area contributed by atoms with Gasteiger partial charge in [0.2, 0.25) is 5.91 Å². The van der Waals surface area contributed by atoms with Gasteiger partial charge in [0.25, 0.3) is 5.56 Å². The number of hydrogen-bond donors (Lipinski definition) is 1. The van der Waals surface area contributed by atoms with Gasteiger partial charge in [0.1, 0.15) is 0 Å². The van der Waals surface area contributed by atoms with Crippen LogP contribution in [0.5, 0.6) is 0 Å². The van der Waals surface area contributed by atoms with E-state index in [1.807, 2.05) is 37.3 Å². The van der Waals surface area contributed by atoms with E-state index in [0.717, 1.165) is 5.56 Å². The van der Waals surface area contributed by atoms with Crippen LogP contribution < -0.4 is 5.56 Å². The summed E-state index contributed by atoms with van der Waals surface area (Å²) in [4.78, 5) is 26.3. The zero-order valence-corrected chi connectivity index (χ0v) is 16.1. The van der Waals surface area contributed by atoms with Gasteiger partial charge in [0.15, 0.2) is 0 Å². The monoisotopic (exact) mass is 389 g/mol. The van der Waals surface area contributed by atoms with Crippen molar-refractivity contribution < 1.29 is 9.90 Å². The molecular formula is C20H24ClN3O3. The molecule has 0 spiro atoms. The topological polar surface area (TPSA) is 75.4 Å². The molecule has 0 aliphatic carbocycles. The Morgan fingerprint density at radius 1 is 1.30 bits per heavy atom. The fourth-order valence-corrected chi connectivity index (χ4v) is 3.57. The van der Waals surface area contributed by atoms with Gasteiger partial charge in [-0.15, -0.1) is 0 Å². The zero-order chi connectivity index (χ0) is 19.4. The molecule has 27 heavy (non-hydrogen) atoms. The Hall–Kier alpha value is -2.18. The van der Waals surface area contributed by atoms with E-state index in [9.17, 15) is 14.7 Å². The molecule has 3 rings (SSSR count). The first-order chi connectivity index (χ1) is 12.9. The van der Waals surface area contributed by atoms with Crippen molar-refractivity contribution in [3.8, 4) is 0 Å². The summed E-state index contributed by atoms with van der Waals surface area (Å²) < 4.78 is 1.22. The number of hydrogen-bond acceptors (Lipinski definition) is 4. The Morgan fingerprint density at radius 3 is 2.59 bits per heavy atom. The van der Waals surface area contributed by atoms with E-state index in [1.54, 1.807) is 4.90 Å². The molecule has 7 heteroatoms. The maximum atomic E-state index is 12.6. The predicted octanol–water partition coefficient (Wildman–Crippen LogP) is 2.44. The van der Waals surface area contributed by atoms with Crippen molar-refractivity contribution >= 4 is 17.5 Å². The standard InChI is InChI=1S/C20H24ClN3O3/c1-15(16-5-3-2-4-6-16)11-18(25)23-9-7-20(27,8-10-23)14-24-19(26)12-17(21)13-22-24/h2-6,12-13,15,27H,7-11,14H2,1H3. The molecule has 1 aliphatic rings. The van der Waals surface area contributed by atoms with E-state index in [1.165, 1.54) is 16.9 Å². The van der Waals surface area contributed by atoms with E-state index in [4.69, 9.17) is 11.6 Å². The van der Waals surface area contributed by atoms with Crippen LogP contribution >= 0.6 is 11.6 Å². The van der Waals surface area contributed by atoms with E-state index < -0.39 is 5.60 Å². The summed E-state index contributed by atoms with van der Waals surface area (Å²) in [6.45, 7) is 3.09. The van der Waals surface area contributed by atoms with Crippen LogP contribution in [0.25, 0.3) is 0 Å². The molecule has 1 amide bonds. The number of halogens is 1. The summed E-state index contributed by atoms with van der Waals surface area (Å²) >= 11 is 5.75. The lowest BCUT2D eigenvalue weighted by Gasteiger charge is -2.38. The summed E-state index contributed by atoms with van der Waals surface area (Å²) in [7, 11) is 0. The normalized spacial score (nSPS) is 17.5. The number of rotatable bonds is 5. The number of piperidine rings is 1. The Kier molecular flexibility index (Phi) is 5.97. The number of nitrogens with zero attached hydrogens (tertiary/aromatic N) is 3. The second-order valence-electron chi connectivity index (χ2n) is 7.29. The molecule has 1 atom stereocenters. The van der Waals surface area contributed by atoms with Gasteiger partial charge >= 0.3 is 0 Å². The molecule has 6 nitrogen and oxygen atoms in total. The molecule has 1 aromatic heterocycles. The number of benzene rings is 1. The van der Waals surface area contributed by atoms with Crippen LogP contribution in [-0.2, 0) is 11.3 Å². The molecule has 0 bridgehead atoms. The highest BCUT2D eigenvalue weighted by molar-refractivity contribution is 6.30. The maximum absolute atomic E-state index is 12.6. The fraction of sp³-hybridized carbons (Fsp3) is 0.450. The van der Waals surface area contributed by atoms with E-state index in [0.29, 0.717) is 32.4 Å². The molecule has 2 heterocycles. The molecule has 1 aliphatic heterocycles. The third-order valence-electron chi connectivity index (χ3n) is 5.18. The van der Waals surface area contributed by atoms with Crippen LogP contribution in [-0.4, -0.2) is 44.4 Å². The minimum atomic E-state index is -1.05. The second-order valence-corrected chi connectivity index (χ2v) is 7.73. The van der Waals surface area contributed by atoms with Crippen molar-refractivity contribution in [3.05, 3.63) is 63.5 Å². The average Bonchev–Trinajstić information content (AvgIpc) is 2.65. The van der Waals surface area contributed by atoms with Gasteiger partial charge in [-0.25, -0.2) is 4.68 Å². The van der Waals surface area contributed by atoms with Crippen molar-refractivity contribution in [1.29, 1.82) is 0 Å². The van der Waals surface area contributed by atoms with Crippen molar-refractivity contribution in [3.63, 3.8) is 0 Å². The van der Waals surface area contributed by atoms with Crippen molar-refractivity contribution in [2.45, 2.75) is 44.2 Å². The first kappa shape index (κ1) is 19.6. The lowest BCUT2D eigenvalue weighted by Crippen LogP contribution is -2.50. The highest BCUT2D eigenvalue weighted by Crippen LogP contribution is 2.26. The molecule has 0 saturated carbocycles. The van der Waals surface area contributed by atoms with Crippen LogP contribution in [0.15, 0.2) is 47.4 Å². The molecule has 144 valence electrons. The fourth-order valence-electron chi connectivity index (χ4n) is 3.43. The Bertz CT molecular complexity index is 845. The molecule has 0 radical (unpaired) electrons. The minimum Gasteiger partial charge on any atom is -0.388 e. The van der Waals surface area contributed by atoms with Crippen molar-refractivity contribution in [2.75, 3.05) is 13.1 Å². The lowest BCUT2D eigenvalue weighted by molar-refractivity contribution is -0.136. The Morgan fingerprint density at radius 2 is 1.96 bits per heavy atom. The van der Waals surface area contributed by atoms with Crippen LogP contribution in [0, 0.1) is 0 Å². The Balaban J connectivity index is 1.56. The third kappa shape index (κ3) is 4.96.